The summed E-state index contributed by atoms with van der Waals surface area (Å²) >= 11 is 0. The summed E-state index contributed by atoms with van der Waals surface area (Å²) in [5.41, 5.74) is 3.03. The largest absolute Gasteiger partial charge is 0.493 e. The lowest BCUT2D eigenvalue weighted by atomic mass is 9.98. The van der Waals surface area contributed by atoms with Gasteiger partial charge in [0, 0.05) is 37.9 Å². The number of aromatic nitrogens is 1. The van der Waals surface area contributed by atoms with Gasteiger partial charge in [0.25, 0.3) is 5.91 Å². The molecule has 1 aromatic heterocycles. The highest BCUT2D eigenvalue weighted by Crippen LogP contribution is 2.33. The number of pyridine rings is 1. The number of carbonyl (C=O) groups is 1. The third kappa shape index (κ3) is 3.44. The number of methoxy groups -OCH3 is 2. The Balaban J connectivity index is 1.55. The number of carbonyl (C=O) groups excluding carboxylic acids is 1. The SMILES string of the molecule is COc1cc2c(cc1OC)CN(C(=O)c1ccnc(N3CCCC3)c1)CC2. The van der Waals surface area contributed by atoms with Crippen molar-refractivity contribution in [2.45, 2.75) is 25.8 Å². The van der Waals surface area contributed by atoms with E-state index in [9.17, 15) is 4.79 Å². The van der Waals surface area contributed by atoms with Gasteiger partial charge < -0.3 is 19.3 Å². The Hall–Kier alpha value is -2.76. The fraction of sp³-hybridized carbons (Fsp3) is 0.429. The van der Waals surface area contributed by atoms with Crippen LogP contribution >= 0.6 is 0 Å². The first-order chi connectivity index (χ1) is 13.2. The maximum Gasteiger partial charge on any atom is 0.254 e. The third-order valence-electron chi connectivity index (χ3n) is 5.43. The fourth-order valence-electron chi connectivity index (χ4n) is 3.91. The number of hydrogen-bond acceptors (Lipinski definition) is 5. The van der Waals surface area contributed by atoms with Crippen LogP contribution in [0.2, 0.25) is 0 Å². The predicted molar refractivity (Wildman–Crippen MR) is 104 cm³/mol. The Bertz CT molecular complexity index is 847. The van der Waals surface area contributed by atoms with E-state index in [-0.39, 0.29) is 5.91 Å². The van der Waals surface area contributed by atoms with E-state index in [1.165, 1.54) is 18.4 Å². The van der Waals surface area contributed by atoms with Crippen molar-refractivity contribution in [3.63, 3.8) is 0 Å². The summed E-state index contributed by atoms with van der Waals surface area (Å²) in [6.07, 6.45) is 4.93. The van der Waals surface area contributed by atoms with Crippen LogP contribution in [0.25, 0.3) is 0 Å². The molecule has 2 aromatic rings. The summed E-state index contributed by atoms with van der Waals surface area (Å²) in [6, 6.07) is 7.74. The van der Waals surface area contributed by atoms with Crippen molar-refractivity contribution in [2.24, 2.45) is 0 Å². The predicted octanol–water partition coefficient (Wildman–Crippen LogP) is 2.90. The van der Waals surface area contributed by atoms with Crippen LogP contribution in [0.15, 0.2) is 30.5 Å². The van der Waals surface area contributed by atoms with E-state index in [2.05, 4.69) is 9.88 Å². The van der Waals surface area contributed by atoms with Crippen LogP contribution in [0, 0.1) is 0 Å². The lowest BCUT2D eigenvalue weighted by Crippen LogP contribution is -2.36. The molecular weight excluding hydrogens is 342 g/mol. The number of anilines is 1. The first-order valence-corrected chi connectivity index (χ1v) is 9.43. The topological polar surface area (TPSA) is 54.9 Å². The van der Waals surface area contributed by atoms with Crippen molar-refractivity contribution in [1.82, 2.24) is 9.88 Å². The van der Waals surface area contributed by atoms with Gasteiger partial charge in [-0.3, -0.25) is 4.79 Å². The molecular formula is C21H25N3O3. The fourth-order valence-corrected chi connectivity index (χ4v) is 3.91. The van der Waals surface area contributed by atoms with Gasteiger partial charge in [-0.25, -0.2) is 4.98 Å². The van der Waals surface area contributed by atoms with Crippen LogP contribution in [-0.4, -0.2) is 49.6 Å². The minimum Gasteiger partial charge on any atom is -0.493 e. The van der Waals surface area contributed by atoms with Gasteiger partial charge in [0.2, 0.25) is 0 Å². The molecule has 6 nitrogen and oxygen atoms in total. The molecule has 2 aliphatic heterocycles. The van der Waals surface area contributed by atoms with Gasteiger partial charge in [0.05, 0.1) is 14.2 Å². The monoisotopic (exact) mass is 367 g/mol. The van der Waals surface area contributed by atoms with Gasteiger partial charge in [0.1, 0.15) is 5.82 Å². The lowest BCUT2D eigenvalue weighted by molar-refractivity contribution is 0.0734. The maximum absolute atomic E-state index is 13.1. The van der Waals surface area contributed by atoms with Gasteiger partial charge in [-0.2, -0.15) is 0 Å². The summed E-state index contributed by atoms with van der Waals surface area (Å²) in [7, 11) is 3.27. The van der Waals surface area contributed by atoms with Crippen LogP contribution in [0.3, 0.4) is 0 Å². The van der Waals surface area contributed by atoms with Crippen LogP contribution in [0.5, 0.6) is 11.5 Å². The second kappa shape index (κ2) is 7.47. The first kappa shape index (κ1) is 17.6. The third-order valence-corrected chi connectivity index (χ3v) is 5.43. The van der Waals surface area contributed by atoms with Gasteiger partial charge in [-0.1, -0.05) is 0 Å². The van der Waals surface area contributed by atoms with E-state index < -0.39 is 0 Å². The Morgan fingerprint density at radius 1 is 1.00 bits per heavy atom. The van der Waals surface area contributed by atoms with E-state index in [0.29, 0.717) is 24.4 Å². The molecule has 0 bridgehead atoms. The number of benzene rings is 1. The average Bonchev–Trinajstić information content (AvgIpc) is 3.26. The highest BCUT2D eigenvalue weighted by molar-refractivity contribution is 5.95. The van der Waals surface area contributed by atoms with Crippen molar-refractivity contribution in [3.8, 4) is 11.5 Å². The molecule has 0 atom stereocenters. The van der Waals surface area contributed by atoms with Gasteiger partial charge in [-0.15, -0.1) is 0 Å². The molecule has 0 saturated carbocycles. The Kier molecular flexibility index (Phi) is 4.88. The van der Waals surface area contributed by atoms with Crippen molar-refractivity contribution >= 4 is 11.7 Å². The van der Waals surface area contributed by atoms with Crippen molar-refractivity contribution < 1.29 is 14.3 Å². The molecule has 4 rings (SSSR count). The standard InChI is InChI=1S/C21H25N3O3/c1-26-18-11-15-6-10-24(14-17(15)12-19(18)27-2)21(25)16-5-7-22-20(13-16)23-8-3-4-9-23/h5,7,11-13H,3-4,6,8-10,14H2,1-2H3. The molecule has 1 amide bonds. The normalized spacial score (nSPS) is 16.2. The summed E-state index contributed by atoms with van der Waals surface area (Å²) in [4.78, 5) is 21.7. The Labute approximate surface area is 159 Å². The molecule has 3 heterocycles. The molecule has 0 radical (unpaired) electrons. The van der Waals surface area contributed by atoms with Crippen molar-refractivity contribution in [1.29, 1.82) is 0 Å². The van der Waals surface area contributed by atoms with E-state index in [1.54, 1.807) is 20.4 Å². The second-order valence-corrected chi connectivity index (χ2v) is 7.05. The molecule has 1 fully saturated rings. The van der Waals surface area contributed by atoms with Crippen LogP contribution in [0.4, 0.5) is 5.82 Å². The summed E-state index contributed by atoms with van der Waals surface area (Å²) in [5, 5.41) is 0. The average molecular weight is 367 g/mol. The first-order valence-electron chi connectivity index (χ1n) is 9.43. The molecule has 0 spiro atoms. The van der Waals surface area contributed by atoms with Crippen molar-refractivity contribution in [3.05, 3.63) is 47.2 Å². The molecule has 2 aliphatic rings. The van der Waals surface area contributed by atoms with E-state index in [1.807, 2.05) is 29.2 Å². The highest BCUT2D eigenvalue weighted by atomic mass is 16.5. The lowest BCUT2D eigenvalue weighted by Gasteiger charge is -2.30. The molecule has 1 saturated heterocycles. The number of amides is 1. The van der Waals surface area contributed by atoms with Gasteiger partial charge >= 0.3 is 0 Å². The van der Waals surface area contributed by atoms with Crippen LogP contribution < -0.4 is 14.4 Å². The zero-order chi connectivity index (χ0) is 18.8. The maximum atomic E-state index is 13.1. The number of ether oxygens (including phenoxy) is 2. The zero-order valence-corrected chi connectivity index (χ0v) is 15.9. The summed E-state index contributed by atoms with van der Waals surface area (Å²) in [5.74, 6) is 2.40. The number of hydrogen-bond donors (Lipinski definition) is 0. The minimum absolute atomic E-state index is 0.0540. The molecule has 6 heteroatoms. The molecule has 27 heavy (non-hydrogen) atoms. The van der Waals surface area contributed by atoms with Crippen LogP contribution in [0.1, 0.15) is 34.3 Å². The number of fused-ring (bicyclic) bond motifs is 1. The molecule has 0 N–H and O–H groups in total. The smallest absolute Gasteiger partial charge is 0.254 e. The number of rotatable bonds is 4. The quantitative estimate of drug-likeness (QED) is 0.832. The molecule has 142 valence electrons. The molecule has 0 aliphatic carbocycles. The molecule has 0 unspecified atom stereocenters. The van der Waals surface area contributed by atoms with E-state index >= 15 is 0 Å². The van der Waals surface area contributed by atoms with Crippen molar-refractivity contribution in [2.75, 3.05) is 38.8 Å². The second-order valence-electron chi connectivity index (χ2n) is 7.05. The summed E-state index contributed by atoms with van der Waals surface area (Å²) in [6.45, 7) is 3.31. The highest BCUT2D eigenvalue weighted by Gasteiger charge is 2.24. The van der Waals surface area contributed by atoms with Gasteiger partial charge in [0.15, 0.2) is 11.5 Å². The zero-order valence-electron chi connectivity index (χ0n) is 15.9. The van der Waals surface area contributed by atoms with Gasteiger partial charge in [-0.05, 0) is 54.7 Å². The summed E-state index contributed by atoms with van der Waals surface area (Å²) < 4.78 is 10.8. The number of nitrogens with zero attached hydrogens (tertiary/aromatic N) is 3. The minimum atomic E-state index is 0.0540. The van der Waals surface area contributed by atoms with E-state index in [0.717, 1.165) is 36.6 Å². The Morgan fingerprint density at radius 2 is 1.70 bits per heavy atom. The van der Waals surface area contributed by atoms with Crippen LogP contribution in [-0.2, 0) is 13.0 Å². The van der Waals surface area contributed by atoms with E-state index in [4.69, 9.17) is 9.47 Å². The molecule has 1 aromatic carbocycles. The Morgan fingerprint density at radius 3 is 2.41 bits per heavy atom.